The summed E-state index contributed by atoms with van der Waals surface area (Å²) in [5.74, 6) is 1.24. The van der Waals surface area contributed by atoms with E-state index >= 15 is 0 Å². The van der Waals surface area contributed by atoms with Crippen LogP contribution in [-0.4, -0.2) is 45.5 Å². The Hall–Kier alpha value is -3.13. The highest BCUT2D eigenvalue weighted by atomic mass is 32.1. The van der Waals surface area contributed by atoms with E-state index in [-0.39, 0.29) is 11.5 Å². The molecule has 3 aromatic heterocycles. The topological polar surface area (TPSA) is 80.2 Å². The second-order valence-corrected chi connectivity index (χ2v) is 9.12. The highest BCUT2D eigenvalue weighted by Gasteiger charge is 2.29. The lowest BCUT2D eigenvalue weighted by atomic mass is 9.89. The number of nitrogens with one attached hydrogen (secondary N) is 1. The molecule has 1 aliphatic rings. The van der Waals surface area contributed by atoms with Gasteiger partial charge in [-0.25, -0.2) is 4.98 Å². The first-order valence-electron chi connectivity index (χ1n) is 10.4. The molecular formula is C23H24N4O3S. The molecule has 0 radical (unpaired) electrons. The quantitative estimate of drug-likeness (QED) is 0.530. The van der Waals surface area contributed by atoms with E-state index in [1.54, 1.807) is 14.2 Å². The lowest BCUT2D eigenvalue weighted by Crippen LogP contribution is -2.37. The Kier molecular flexibility index (Phi) is 4.81. The number of methoxy groups -OCH3 is 1. The van der Waals surface area contributed by atoms with Crippen molar-refractivity contribution < 1.29 is 9.53 Å². The van der Waals surface area contributed by atoms with Gasteiger partial charge in [-0.05, 0) is 55.0 Å². The number of aryl methyl sites for hydroxylation is 2. The Balaban J connectivity index is 1.37. The number of amides is 1. The third kappa shape index (κ3) is 3.22. The van der Waals surface area contributed by atoms with Gasteiger partial charge in [0.2, 0.25) is 0 Å². The van der Waals surface area contributed by atoms with Gasteiger partial charge in [-0.3, -0.25) is 9.59 Å². The maximum atomic E-state index is 13.3. The van der Waals surface area contributed by atoms with Crippen LogP contribution < -0.4 is 10.3 Å². The van der Waals surface area contributed by atoms with Crippen LogP contribution in [0.15, 0.2) is 35.5 Å². The van der Waals surface area contributed by atoms with Crippen LogP contribution in [0, 0.1) is 6.92 Å². The van der Waals surface area contributed by atoms with Gasteiger partial charge in [-0.15, -0.1) is 11.3 Å². The molecule has 31 heavy (non-hydrogen) atoms. The zero-order valence-corrected chi connectivity index (χ0v) is 18.6. The van der Waals surface area contributed by atoms with Gasteiger partial charge in [-0.2, -0.15) is 0 Å². The van der Waals surface area contributed by atoms with Gasteiger partial charge in [0.05, 0.1) is 23.7 Å². The third-order valence-electron chi connectivity index (χ3n) is 6.35. The van der Waals surface area contributed by atoms with Gasteiger partial charge in [0.15, 0.2) is 0 Å². The van der Waals surface area contributed by atoms with E-state index < -0.39 is 0 Å². The van der Waals surface area contributed by atoms with E-state index in [0.717, 1.165) is 29.7 Å². The summed E-state index contributed by atoms with van der Waals surface area (Å²) >= 11 is 1.32. The number of aromatic amines is 1. The maximum absolute atomic E-state index is 13.3. The molecule has 0 unspecified atom stereocenters. The number of fused-ring (bicyclic) bond motifs is 2. The molecule has 4 aromatic rings. The minimum absolute atomic E-state index is 0.00148. The summed E-state index contributed by atoms with van der Waals surface area (Å²) in [7, 11) is 3.36. The Bertz CT molecular complexity index is 1360. The van der Waals surface area contributed by atoms with E-state index in [4.69, 9.17) is 4.74 Å². The Morgan fingerprint density at radius 2 is 2.06 bits per heavy atom. The first kappa shape index (κ1) is 19.8. The number of piperidine rings is 1. The van der Waals surface area contributed by atoms with Crippen LogP contribution in [0.2, 0.25) is 0 Å². The lowest BCUT2D eigenvalue weighted by Gasteiger charge is -2.32. The number of hydrogen-bond acceptors (Lipinski definition) is 5. The van der Waals surface area contributed by atoms with E-state index in [1.165, 1.54) is 33.2 Å². The molecule has 7 nitrogen and oxygen atoms in total. The zero-order valence-electron chi connectivity index (χ0n) is 17.8. The van der Waals surface area contributed by atoms with Crippen LogP contribution >= 0.6 is 11.3 Å². The van der Waals surface area contributed by atoms with Gasteiger partial charge in [0.1, 0.15) is 10.6 Å². The molecule has 0 saturated carbocycles. The normalized spacial score (nSPS) is 15.1. The van der Waals surface area contributed by atoms with Crippen LogP contribution in [0.5, 0.6) is 5.75 Å². The van der Waals surface area contributed by atoms with E-state index in [0.29, 0.717) is 34.1 Å². The first-order valence-corrected chi connectivity index (χ1v) is 11.2. The maximum Gasteiger partial charge on any atom is 0.264 e. The number of ether oxygens (including phenoxy) is 1. The number of carbonyl (C=O) groups is 1. The molecule has 0 atom stereocenters. The Morgan fingerprint density at radius 3 is 2.81 bits per heavy atom. The fraction of sp³-hybridized carbons (Fsp3) is 0.348. The van der Waals surface area contributed by atoms with Crippen molar-refractivity contribution in [2.75, 3.05) is 20.2 Å². The minimum Gasteiger partial charge on any atom is -0.497 e. The number of benzene rings is 1. The van der Waals surface area contributed by atoms with Crippen molar-refractivity contribution in [2.45, 2.75) is 25.7 Å². The number of hydrogen-bond donors (Lipinski definition) is 1. The van der Waals surface area contributed by atoms with Crippen LogP contribution in [0.4, 0.5) is 0 Å². The molecule has 4 heterocycles. The SMILES string of the molecule is COc1ccc2[nH]cc(C3CCN(C(=O)c4sc5ncn(C)c(=O)c5c4C)CC3)c2c1. The summed E-state index contributed by atoms with van der Waals surface area (Å²) in [4.78, 5) is 36.6. The number of likely N-dealkylation sites (tertiary alicyclic amines) is 1. The summed E-state index contributed by atoms with van der Waals surface area (Å²) < 4.78 is 6.85. The predicted molar refractivity (Wildman–Crippen MR) is 122 cm³/mol. The highest BCUT2D eigenvalue weighted by Crippen LogP contribution is 2.36. The number of thiophene rings is 1. The standard InChI is InChI=1S/C23H24N4O3S/c1-13-19-21(25-12-26(2)22(19)28)31-20(13)23(29)27-8-6-14(7-9-27)17-11-24-18-5-4-15(30-3)10-16(17)18/h4-5,10-12,14,24H,6-9H2,1-3H3. The molecular weight excluding hydrogens is 412 g/mol. The Labute approximate surface area is 183 Å². The molecule has 1 aliphatic heterocycles. The second-order valence-electron chi connectivity index (χ2n) is 8.12. The largest absolute Gasteiger partial charge is 0.497 e. The average molecular weight is 437 g/mol. The summed E-state index contributed by atoms with van der Waals surface area (Å²) in [6.45, 7) is 3.24. The van der Waals surface area contributed by atoms with Crippen molar-refractivity contribution in [3.05, 3.63) is 57.1 Å². The molecule has 1 saturated heterocycles. The zero-order chi connectivity index (χ0) is 21.7. The van der Waals surface area contributed by atoms with Crippen LogP contribution in [0.1, 0.15) is 39.6 Å². The predicted octanol–water partition coefficient (Wildman–Crippen LogP) is 3.81. The number of rotatable bonds is 3. The molecule has 1 amide bonds. The fourth-order valence-corrected chi connectivity index (χ4v) is 5.64. The number of aromatic nitrogens is 3. The van der Waals surface area contributed by atoms with Gasteiger partial charge >= 0.3 is 0 Å². The molecule has 0 spiro atoms. The van der Waals surface area contributed by atoms with Crippen LogP contribution in [-0.2, 0) is 7.05 Å². The van der Waals surface area contributed by atoms with Crippen molar-refractivity contribution >= 4 is 38.4 Å². The summed E-state index contributed by atoms with van der Waals surface area (Å²) in [5, 5.41) is 1.74. The molecule has 1 N–H and O–H groups in total. The highest BCUT2D eigenvalue weighted by molar-refractivity contribution is 7.20. The fourth-order valence-electron chi connectivity index (χ4n) is 4.54. The number of carbonyl (C=O) groups excluding carboxylic acids is 1. The lowest BCUT2D eigenvalue weighted by molar-refractivity contribution is 0.0717. The van der Waals surface area contributed by atoms with E-state index in [1.807, 2.05) is 24.0 Å². The molecule has 5 rings (SSSR count). The van der Waals surface area contributed by atoms with Crippen molar-refractivity contribution in [3.63, 3.8) is 0 Å². The summed E-state index contributed by atoms with van der Waals surface area (Å²) in [6, 6.07) is 6.07. The van der Waals surface area contributed by atoms with Gasteiger partial charge in [-0.1, -0.05) is 0 Å². The van der Waals surface area contributed by atoms with Gasteiger partial charge in [0, 0.05) is 37.2 Å². The van der Waals surface area contributed by atoms with Crippen molar-refractivity contribution in [1.82, 2.24) is 19.4 Å². The van der Waals surface area contributed by atoms with E-state index in [2.05, 4.69) is 22.2 Å². The third-order valence-corrected chi connectivity index (χ3v) is 7.54. The smallest absolute Gasteiger partial charge is 0.264 e. The molecule has 1 aromatic carbocycles. The summed E-state index contributed by atoms with van der Waals surface area (Å²) in [5.41, 5.74) is 3.02. The minimum atomic E-state index is -0.105. The van der Waals surface area contributed by atoms with Crippen molar-refractivity contribution in [2.24, 2.45) is 7.05 Å². The average Bonchev–Trinajstić information content (AvgIpc) is 3.37. The Morgan fingerprint density at radius 1 is 1.29 bits per heavy atom. The van der Waals surface area contributed by atoms with Gasteiger partial charge in [0.25, 0.3) is 11.5 Å². The van der Waals surface area contributed by atoms with E-state index in [9.17, 15) is 9.59 Å². The molecule has 8 heteroatoms. The monoisotopic (exact) mass is 436 g/mol. The van der Waals surface area contributed by atoms with Crippen LogP contribution in [0.3, 0.4) is 0 Å². The summed E-state index contributed by atoms with van der Waals surface area (Å²) in [6.07, 6.45) is 5.40. The molecule has 1 fully saturated rings. The van der Waals surface area contributed by atoms with Gasteiger partial charge < -0.3 is 19.2 Å². The second kappa shape index (κ2) is 7.53. The van der Waals surface area contributed by atoms with Crippen molar-refractivity contribution in [3.8, 4) is 5.75 Å². The molecule has 0 bridgehead atoms. The van der Waals surface area contributed by atoms with Crippen molar-refractivity contribution in [1.29, 1.82) is 0 Å². The number of H-pyrrole nitrogens is 1. The van der Waals surface area contributed by atoms with Crippen LogP contribution in [0.25, 0.3) is 21.1 Å². The first-order chi connectivity index (χ1) is 15.0. The molecule has 160 valence electrons. The molecule has 0 aliphatic carbocycles. The number of nitrogens with zero attached hydrogens (tertiary/aromatic N) is 3.